The summed E-state index contributed by atoms with van der Waals surface area (Å²) in [5, 5.41) is 0.711. The third-order valence-corrected chi connectivity index (χ3v) is 2.98. The first-order valence-corrected chi connectivity index (χ1v) is 5.00. The quantitative estimate of drug-likeness (QED) is 0.769. The van der Waals surface area contributed by atoms with Gasteiger partial charge in [0, 0.05) is 4.47 Å². The van der Waals surface area contributed by atoms with Crippen molar-refractivity contribution in [1.82, 2.24) is 4.98 Å². The first kappa shape index (κ1) is 8.01. The van der Waals surface area contributed by atoms with Gasteiger partial charge in [0.25, 0.3) is 5.19 Å². The number of fused-ring (bicyclic) bond motifs is 1. The largest absolute Gasteiger partial charge is 0.473 e. The van der Waals surface area contributed by atoms with E-state index in [9.17, 15) is 0 Å². The molecule has 4 heteroatoms. The molecule has 2 rings (SSSR count). The third-order valence-electron chi connectivity index (χ3n) is 1.51. The Kier molecular flexibility index (Phi) is 2.02. The van der Waals surface area contributed by atoms with Crippen LogP contribution in [0.2, 0.25) is 0 Å². The zero-order chi connectivity index (χ0) is 8.55. The molecule has 0 bridgehead atoms. The fraction of sp³-hybridized carbons (Fsp3) is 0.125. The molecule has 1 aromatic heterocycles. The van der Waals surface area contributed by atoms with Crippen molar-refractivity contribution >= 4 is 37.5 Å². The van der Waals surface area contributed by atoms with Gasteiger partial charge in [-0.15, -0.1) is 0 Å². The Hall–Kier alpha value is -0.610. The fourth-order valence-electron chi connectivity index (χ4n) is 0.965. The summed E-state index contributed by atoms with van der Waals surface area (Å²) in [5.74, 6) is 0. The second-order valence-corrected chi connectivity index (χ2v) is 4.20. The third kappa shape index (κ3) is 1.32. The molecule has 2 aromatic rings. The Morgan fingerprint density at radius 1 is 1.50 bits per heavy atom. The van der Waals surface area contributed by atoms with Gasteiger partial charge >= 0.3 is 0 Å². The average molecular weight is 244 g/mol. The minimum Gasteiger partial charge on any atom is -0.473 e. The van der Waals surface area contributed by atoms with E-state index in [0.29, 0.717) is 5.19 Å². The fourth-order valence-corrected chi connectivity index (χ4v) is 2.30. The standard InChI is InChI=1S/C8H6BrNOS/c1-11-8-10-6-3-2-5(9)4-7(6)12-8/h2-4H,1H3. The van der Waals surface area contributed by atoms with Crippen molar-refractivity contribution in [2.24, 2.45) is 0 Å². The van der Waals surface area contributed by atoms with Crippen LogP contribution >= 0.6 is 27.3 Å². The van der Waals surface area contributed by atoms with E-state index in [0.717, 1.165) is 14.7 Å². The monoisotopic (exact) mass is 243 g/mol. The maximum atomic E-state index is 5.03. The molecule has 1 heterocycles. The molecule has 12 heavy (non-hydrogen) atoms. The van der Waals surface area contributed by atoms with Gasteiger partial charge in [-0.3, -0.25) is 0 Å². The number of hydrogen-bond acceptors (Lipinski definition) is 3. The van der Waals surface area contributed by atoms with E-state index < -0.39 is 0 Å². The molecule has 62 valence electrons. The Morgan fingerprint density at radius 2 is 2.33 bits per heavy atom. The van der Waals surface area contributed by atoms with Crippen LogP contribution in [-0.4, -0.2) is 12.1 Å². The summed E-state index contributed by atoms with van der Waals surface area (Å²) in [7, 11) is 1.63. The van der Waals surface area contributed by atoms with Gasteiger partial charge in [-0.25, -0.2) is 4.98 Å². The van der Waals surface area contributed by atoms with Crippen LogP contribution in [0.4, 0.5) is 0 Å². The van der Waals surface area contributed by atoms with Gasteiger partial charge in [-0.1, -0.05) is 27.3 Å². The predicted molar refractivity (Wildman–Crippen MR) is 53.9 cm³/mol. The lowest BCUT2D eigenvalue weighted by Gasteiger charge is -1.86. The highest BCUT2D eigenvalue weighted by molar-refractivity contribution is 9.10. The van der Waals surface area contributed by atoms with Gasteiger partial charge in [0.2, 0.25) is 0 Å². The van der Waals surface area contributed by atoms with Crippen LogP contribution in [0.1, 0.15) is 0 Å². The molecule has 0 radical (unpaired) electrons. The number of benzene rings is 1. The number of thiazole rings is 1. The van der Waals surface area contributed by atoms with Gasteiger partial charge in [-0.05, 0) is 18.2 Å². The van der Waals surface area contributed by atoms with Crippen molar-refractivity contribution in [1.29, 1.82) is 0 Å². The molecule has 0 amide bonds. The topological polar surface area (TPSA) is 22.1 Å². The molecule has 0 saturated heterocycles. The summed E-state index contributed by atoms with van der Waals surface area (Å²) in [6, 6.07) is 5.98. The second kappa shape index (κ2) is 3.03. The predicted octanol–water partition coefficient (Wildman–Crippen LogP) is 3.07. The van der Waals surface area contributed by atoms with Gasteiger partial charge in [0.15, 0.2) is 0 Å². The smallest absolute Gasteiger partial charge is 0.274 e. The minimum absolute atomic E-state index is 0.711. The number of rotatable bonds is 1. The Balaban J connectivity index is 2.67. The van der Waals surface area contributed by atoms with Crippen LogP contribution in [0.5, 0.6) is 5.19 Å². The Bertz CT molecular complexity index is 412. The van der Waals surface area contributed by atoms with Crippen molar-refractivity contribution in [3.05, 3.63) is 22.7 Å². The SMILES string of the molecule is COc1nc2ccc(Br)cc2s1. The minimum atomic E-state index is 0.711. The van der Waals surface area contributed by atoms with E-state index in [1.54, 1.807) is 18.4 Å². The molecule has 0 spiro atoms. The van der Waals surface area contributed by atoms with E-state index >= 15 is 0 Å². The first-order chi connectivity index (χ1) is 5.79. The van der Waals surface area contributed by atoms with Gasteiger partial charge in [-0.2, -0.15) is 0 Å². The summed E-state index contributed by atoms with van der Waals surface area (Å²) < 4.78 is 7.24. The molecule has 0 aliphatic rings. The highest BCUT2D eigenvalue weighted by Gasteiger charge is 2.02. The van der Waals surface area contributed by atoms with Crippen molar-refractivity contribution in [3.63, 3.8) is 0 Å². The molecule has 0 fully saturated rings. The maximum absolute atomic E-state index is 5.03. The van der Waals surface area contributed by atoms with Crippen molar-refractivity contribution < 1.29 is 4.74 Å². The highest BCUT2D eigenvalue weighted by atomic mass is 79.9. The molecule has 1 aromatic carbocycles. The molecule has 0 aliphatic carbocycles. The normalized spacial score (nSPS) is 10.5. The maximum Gasteiger partial charge on any atom is 0.274 e. The summed E-state index contributed by atoms with van der Waals surface area (Å²) in [5.41, 5.74) is 0.986. The summed E-state index contributed by atoms with van der Waals surface area (Å²) in [6.45, 7) is 0. The molecule has 0 saturated carbocycles. The number of ether oxygens (including phenoxy) is 1. The van der Waals surface area contributed by atoms with Crippen LogP contribution in [-0.2, 0) is 0 Å². The number of halogens is 1. The first-order valence-electron chi connectivity index (χ1n) is 3.39. The lowest BCUT2D eigenvalue weighted by Crippen LogP contribution is -1.77. The van der Waals surface area contributed by atoms with Gasteiger partial charge in [0.05, 0.1) is 17.3 Å². The summed E-state index contributed by atoms with van der Waals surface area (Å²) in [4.78, 5) is 4.25. The molecular weight excluding hydrogens is 238 g/mol. The van der Waals surface area contributed by atoms with Crippen molar-refractivity contribution in [3.8, 4) is 5.19 Å². The van der Waals surface area contributed by atoms with E-state index in [4.69, 9.17) is 4.74 Å². The number of methoxy groups -OCH3 is 1. The van der Waals surface area contributed by atoms with Crippen LogP contribution in [0.15, 0.2) is 22.7 Å². The Morgan fingerprint density at radius 3 is 3.08 bits per heavy atom. The van der Waals surface area contributed by atoms with Crippen LogP contribution in [0, 0.1) is 0 Å². The molecule has 2 nitrogen and oxygen atoms in total. The molecular formula is C8H6BrNOS. The zero-order valence-electron chi connectivity index (χ0n) is 6.37. The molecule has 0 N–H and O–H groups in total. The molecule has 0 aliphatic heterocycles. The number of aromatic nitrogens is 1. The number of nitrogens with zero attached hydrogens (tertiary/aromatic N) is 1. The number of hydrogen-bond donors (Lipinski definition) is 0. The van der Waals surface area contributed by atoms with E-state index in [-0.39, 0.29) is 0 Å². The Labute approximate surface area is 82.3 Å². The second-order valence-electron chi connectivity index (χ2n) is 2.30. The zero-order valence-corrected chi connectivity index (χ0v) is 8.78. The lowest BCUT2D eigenvalue weighted by atomic mass is 10.3. The summed E-state index contributed by atoms with van der Waals surface area (Å²) in [6.07, 6.45) is 0. The molecule has 0 unspecified atom stereocenters. The lowest BCUT2D eigenvalue weighted by molar-refractivity contribution is 0.413. The summed E-state index contributed by atoms with van der Waals surface area (Å²) >= 11 is 4.95. The van der Waals surface area contributed by atoms with Crippen LogP contribution < -0.4 is 4.74 Å². The highest BCUT2D eigenvalue weighted by Crippen LogP contribution is 2.29. The van der Waals surface area contributed by atoms with Crippen LogP contribution in [0.25, 0.3) is 10.2 Å². The average Bonchev–Trinajstić information content (AvgIpc) is 2.46. The molecule has 0 atom stereocenters. The van der Waals surface area contributed by atoms with Gasteiger partial charge < -0.3 is 4.74 Å². The van der Waals surface area contributed by atoms with E-state index in [2.05, 4.69) is 20.9 Å². The van der Waals surface area contributed by atoms with Crippen molar-refractivity contribution in [2.75, 3.05) is 7.11 Å². The van der Waals surface area contributed by atoms with Gasteiger partial charge in [0.1, 0.15) is 0 Å². The van der Waals surface area contributed by atoms with Crippen molar-refractivity contribution in [2.45, 2.75) is 0 Å². The van der Waals surface area contributed by atoms with E-state index in [1.165, 1.54) is 0 Å². The van der Waals surface area contributed by atoms with Crippen LogP contribution in [0.3, 0.4) is 0 Å². The van der Waals surface area contributed by atoms with E-state index in [1.807, 2.05) is 18.2 Å².